The minimum absolute atomic E-state index is 0.0725. The standard InChI is InChI=1S/C19H38O3/c1-18(21-2)16-14-12-10-8-6-4-5-7-9-11-13-15-17-19(20)22-3/h18H,4-17H2,1-3H3. The normalized spacial score (nSPS) is 12.3. The first-order valence-electron chi connectivity index (χ1n) is 9.30. The van der Waals surface area contributed by atoms with Crippen molar-refractivity contribution in [1.82, 2.24) is 0 Å². The minimum atomic E-state index is -0.0725. The van der Waals surface area contributed by atoms with Gasteiger partial charge in [-0.15, -0.1) is 0 Å². The molecule has 1 unspecified atom stereocenters. The molecule has 0 fully saturated rings. The second-order valence-corrected chi connectivity index (χ2v) is 6.40. The predicted octanol–water partition coefficient (Wildman–Crippen LogP) is 5.66. The molecule has 0 aliphatic carbocycles. The van der Waals surface area contributed by atoms with E-state index in [1.807, 2.05) is 0 Å². The van der Waals surface area contributed by atoms with Crippen LogP contribution in [0.3, 0.4) is 0 Å². The van der Waals surface area contributed by atoms with Crippen LogP contribution in [0.5, 0.6) is 0 Å². The highest BCUT2D eigenvalue weighted by Crippen LogP contribution is 2.13. The van der Waals surface area contributed by atoms with Gasteiger partial charge in [-0.3, -0.25) is 4.79 Å². The Morgan fingerprint density at radius 3 is 1.55 bits per heavy atom. The summed E-state index contributed by atoms with van der Waals surface area (Å²) in [4.78, 5) is 10.9. The van der Waals surface area contributed by atoms with Gasteiger partial charge in [0.05, 0.1) is 13.2 Å². The third-order valence-electron chi connectivity index (χ3n) is 4.37. The van der Waals surface area contributed by atoms with E-state index in [0.717, 1.165) is 12.8 Å². The maximum absolute atomic E-state index is 10.9. The van der Waals surface area contributed by atoms with Crippen LogP contribution in [0.1, 0.15) is 96.8 Å². The molecule has 0 spiro atoms. The van der Waals surface area contributed by atoms with Gasteiger partial charge >= 0.3 is 5.97 Å². The molecule has 0 aromatic rings. The lowest BCUT2D eigenvalue weighted by atomic mass is 10.0. The van der Waals surface area contributed by atoms with Crippen LogP contribution in [-0.2, 0) is 14.3 Å². The average Bonchev–Trinajstić information content (AvgIpc) is 2.54. The number of hydrogen-bond donors (Lipinski definition) is 0. The van der Waals surface area contributed by atoms with E-state index in [-0.39, 0.29) is 5.97 Å². The number of ether oxygens (including phenoxy) is 2. The Balaban J connectivity index is 3.04. The topological polar surface area (TPSA) is 35.5 Å². The molecule has 0 aromatic carbocycles. The van der Waals surface area contributed by atoms with Gasteiger partial charge in [-0.1, -0.05) is 70.6 Å². The van der Waals surface area contributed by atoms with Crippen LogP contribution < -0.4 is 0 Å². The minimum Gasteiger partial charge on any atom is -0.469 e. The van der Waals surface area contributed by atoms with E-state index in [2.05, 4.69) is 11.7 Å². The summed E-state index contributed by atoms with van der Waals surface area (Å²) >= 11 is 0. The van der Waals surface area contributed by atoms with Crippen molar-refractivity contribution >= 4 is 5.97 Å². The van der Waals surface area contributed by atoms with Crippen molar-refractivity contribution in [2.45, 2.75) is 103 Å². The second-order valence-electron chi connectivity index (χ2n) is 6.40. The summed E-state index contributed by atoms with van der Waals surface area (Å²) in [6.45, 7) is 2.15. The van der Waals surface area contributed by atoms with E-state index in [1.54, 1.807) is 7.11 Å². The van der Waals surface area contributed by atoms with E-state index in [4.69, 9.17) is 4.74 Å². The number of unbranched alkanes of at least 4 members (excludes halogenated alkanes) is 11. The maximum atomic E-state index is 10.9. The summed E-state index contributed by atoms with van der Waals surface area (Å²) in [5, 5.41) is 0. The Bertz CT molecular complexity index is 241. The zero-order chi connectivity index (χ0) is 16.5. The van der Waals surface area contributed by atoms with Crippen LogP contribution >= 0.6 is 0 Å². The molecular formula is C19H38O3. The Kier molecular flexibility index (Phi) is 16.4. The first-order valence-corrected chi connectivity index (χ1v) is 9.30. The average molecular weight is 315 g/mol. The Hall–Kier alpha value is -0.570. The van der Waals surface area contributed by atoms with Crippen molar-refractivity contribution in [2.24, 2.45) is 0 Å². The highest BCUT2D eigenvalue weighted by molar-refractivity contribution is 5.68. The largest absolute Gasteiger partial charge is 0.469 e. The smallest absolute Gasteiger partial charge is 0.305 e. The summed E-state index contributed by atoms with van der Waals surface area (Å²) in [6, 6.07) is 0. The maximum Gasteiger partial charge on any atom is 0.305 e. The fourth-order valence-electron chi connectivity index (χ4n) is 2.69. The van der Waals surface area contributed by atoms with Gasteiger partial charge in [0.15, 0.2) is 0 Å². The molecule has 0 aliphatic heterocycles. The molecule has 0 aromatic heterocycles. The molecule has 0 saturated carbocycles. The highest BCUT2D eigenvalue weighted by Gasteiger charge is 2.00. The van der Waals surface area contributed by atoms with E-state index in [9.17, 15) is 4.79 Å². The molecule has 0 aliphatic rings. The second kappa shape index (κ2) is 16.8. The lowest BCUT2D eigenvalue weighted by Gasteiger charge is -2.08. The third-order valence-corrected chi connectivity index (χ3v) is 4.37. The predicted molar refractivity (Wildman–Crippen MR) is 93.1 cm³/mol. The van der Waals surface area contributed by atoms with Crippen molar-refractivity contribution in [3.05, 3.63) is 0 Å². The zero-order valence-corrected chi connectivity index (χ0v) is 15.2. The van der Waals surface area contributed by atoms with Crippen molar-refractivity contribution in [2.75, 3.05) is 14.2 Å². The quantitative estimate of drug-likeness (QED) is 0.272. The van der Waals surface area contributed by atoms with Gasteiger partial charge in [0.25, 0.3) is 0 Å². The third kappa shape index (κ3) is 15.8. The lowest BCUT2D eigenvalue weighted by Crippen LogP contribution is -2.03. The fraction of sp³-hybridized carbons (Fsp3) is 0.947. The lowest BCUT2D eigenvalue weighted by molar-refractivity contribution is -0.140. The van der Waals surface area contributed by atoms with E-state index >= 15 is 0 Å². The molecule has 0 N–H and O–H groups in total. The van der Waals surface area contributed by atoms with Crippen LogP contribution in [0.2, 0.25) is 0 Å². The van der Waals surface area contributed by atoms with E-state index in [0.29, 0.717) is 12.5 Å². The van der Waals surface area contributed by atoms with Gasteiger partial charge in [0.2, 0.25) is 0 Å². The number of carbonyl (C=O) groups is 1. The molecule has 22 heavy (non-hydrogen) atoms. The molecule has 132 valence electrons. The molecular weight excluding hydrogens is 276 g/mol. The summed E-state index contributed by atoms with van der Waals surface area (Å²) in [5.74, 6) is -0.0725. The molecule has 0 amide bonds. The van der Waals surface area contributed by atoms with Gasteiger partial charge in [0.1, 0.15) is 0 Å². The Labute approximate surface area is 138 Å². The van der Waals surface area contributed by atoms with Crippen LogP contribution in [0.25, 0.3) is 0 Å². The van der Waals surface area contributed by atoms with Gasteiger partial charge in [-0.05, 0) is 19.8 Å². The summed E-state index contributed by atoms with van der Waals surface area (Å²) in [7, 11) is 3.26. The SMILES string of the molecule is COC(=O)CCCCCCCCCCCCCCC(C)OC. The van der Waals surface area contributed by atoms with E-state index in [1.165, 1.54) is 77.7 Å². The molecule has 3 heteroatoms. The van der Waals surface area contributed by atoms with Gasteiger partial charge < -0.3 is 9.47 Å². The van der Waals surface area contributed by atoms with Crippen molar-refractivity contribution < 1.29 is 14.3 Å². The Morgan fingerprint density at radius 1 is 0.727 bits per heavy atom. The van der Waals surface area contributed by atoms with Crippen LogP contribution in [-0.4, -0.2) is 26.3 Å². The van der Waals surface area contributed by atoms with Crippen molar-refractivity contribution in [3.8, 4) is 0 Å². The first kappa shape index (κ1) is 21.4. The van der Waals surface area contributed by atoms with E-state index < -0.39 is 0 Å². The number of esters is 1. The molecule has 0 bridgehead atoms. The Morgan fingerprint density at radius 2 is 1.14 bits per heavy atom. The fourth-order valence-corrected chi connectivity index (χ4v) is 2.69. The van der Waals surface area contributed by atoms with Gasteiger partial charge in [-0.25, -0.2) is 0 Å². The molecule has 0 heterocycles. The molecule has 0 radical (unpaired) electrons. The van der Waals surface area contributed by atoms with Gasteiger partial charge in [0, 0.05) is 13.5 Å². The molecule has 1 atom stereocenters. The summed E-state index contributed by atoms with van der Waals surface area (Å²) in [5.41, 5.74) is 0. The van der Waals surface area contributed by atoms with Crippen molar-refractivity contribution in [3.63, 3.8) is 0 Å². The molecule has 0 rings (SSSR count). The number of hydrogen-bond acceptors (Lipinski definition) is 3. The first-order chi connectivity index (χ1) is 10.7. The van der Waals surface area contributed by atoms with Crippen LogP contribution in [0.15, 0.2) is 0 Å². The number of rotatable bonds is 16. The monoisotopic (exact) mass is 314 g/mol. The zero-order valence-electron chi connectivity index (χ0n) is 15.2. The van der Waals surface area contributed by atoms with Crippen molar-refractivity contribution in [1.29, 1.82) is 0 Å². The number of carbonyl (C=O) groups excluding carboxylic acids is 1. The van der Waals surface area contributed by atoms with Crippen LogP contribution in [0.4, 0.5) is 0 Å². The molecule has 3 nitrogen and oxygen atoms in total. The summed E-state index contributed by atoms with van der Waals surface area (Å²) < 4.78 is 9.88. The highest BCUT2D eigenvalue weighted by atomic mass is 16.5. The van der Waals surface area contributed by atoms with Crippen LogP contribution in [0, 0.1) is 0 Å². The molecule has 0 saturated heterocycles. The summed E-state index contributed by atoms with van der Waals surface area (Å²) in [6.07, 6.45) is 17.9. The van der Waals surface area contributed by atoms with Gasteiger partial charge in [-0.2, -0.15) is 0 Å². The number of methoxy groups -OCH3 is 2.